The van der Waals surface area contributed by atoms with Crippen molar-refractivity contribution in [2.45, 2.75) is 10.6 Å². The maximum Gasteiger partial charge on any atom is 0.292 e. The second-order valence-electron chi connectivity index (χ2n) is 6.07. The van der Waals surface area contributed by atoms with Crippen molar-refractivity contribution in [1.29, 1.82) is 0 Å². The van der Waals surface area contributed by atoms with Gasteiger partial charge in [-0.1, -0.05) is 17.7 Å². The Balaban J connectivity index is 1.47. The van der Waals surface area contributed by atoms with Gasteiger partial charge in [-0.15, -0.1) is 11.8 Å². The van der Waals surface area contributed by atoms with E-state index in [-0.39, 0.29) is 17.0 Å². The van der Waals surface area contributed by atoms with Crippen molar-refractivity contribution in [1.82, 2.24) is 9.78 Å². The highest BCUT2D eigenvalue weighted by Gasteiger charge is 2.18. The lowest BCUT2D eigenvalue weighted by Crippen LogP contribution is -2.12. The number of nitrogens with one attached hydrogen (secondary N) is 1. The molecule has 0 fully saturated rings. The molecule has 142 valence electrons. The fourth-order valence-electron chi connectivity index (χ4n) is 2.79. The number of thioether (sulfide) groups is 1. The van der Waals surface area contributed by atoms with Crippen LogP contribution >= 0.6 is 23.4 Å². The summed E-state index contributed by atoms with van der Waals surface area (Å²) < 4.78 is 21.3. The molecule has 0 bridgehead atoms. The van der Waals surface area contributed by atoms with Crippen LogP contribution in [-0.2, 0) is 12.8 Å². The summed E-state index contributed by atoms with van der Waals surface area (Å²) in [4.78, 5) is 13.5. The second-order valence-corrected chi connectivity index (χ2v) is 7.55. The van der Waals surface area contributed by atoms with Gasteiger partial charge < -0.3 is 9.73 Å². The monoisotopic (exact) mass is 415 g/mol. The summed E-state index contributed by atoms with van der Waals surface area (Å²) in [7, 11) is 1.69. The molecule has 28 heavy (non-hydrogen) atoms. The minimum Gasteiger partial charge on any atom is -0.455 e. The number of hydrogen-bond acceptors (Lipinski definition) is 4. The quantitative estimate of drug-likeness (QED) is 0.437. The van der Waals surface area contributed by atoms with E-state index in [4.69, 9.17) is 16.0 Å². The molecule has 0 spiro atoms. The van der Waals surface area contributed by atoms with Crippen LogP contribution in [0.3, 0.4) is 0 Å². The lowest BCUT2D eigenvalue weighted by molar-refractivity contribution is 0.0995. The highest BCUT2D eigenvalue weighted by Crippen LogP contribution is 2.27. The Hall–Kier alpha value is -2.77. The fourth-order valence-corrected chi connectivity index (χ4v) is 3.71. The van der Waals surface area contributed by atoms with Crippen LogP contribution in [-0.4, -0.2) is 15.7 Å². The average Bonchev–Trinajstić information content (AvgIpc) is 3.27. The Morgan fingerprint density at radius 2 is 2.00 bits per heavy atom. The molecule has 0 saturated carbocycles. The third-order valence-electron chi connectivity index (χ3n) is 4.14. The van der Waals surface area contributed by atoms with Crippen LogP contribution in [0.1, 0.15) is 16.3 Å². The number of fused-ring (bicyclic) bond motifs is 1. The van der Waals surface area contributed by atoms with Crippen molar-refractivity contribution in [3.8, 4) is 0 Å². The second kappa shape index (κ2) is 7.69. The number of amides is 1. The summed E-state index contributed by atoms with van der Waals surface area (Å²) in [6.07, 6.45) is 0. The van der Waals surface area contributed by atoms with Gasteiger partial charge in [0, 0.05) is 17.0 Å². The van der Waals surface area contributed by atoms with Gasteiger partial charge in [0.15, 0.2) is 11.6 Å². The lowest BCUT2D eigenvalue weighted by atomic mass is 10.2. The SMILES string of the molecule is Cn1nc(NC(=O)c2ccc(CSc3ccc(Cl)cc3)o2)c2c(F)cccc21. The first kappa shape index (κ1) is 18.6. The Morgan fingerprint density at radius 1 is 1.21 bits per heavy atom. The zero-order valence-corrected chi connectivity index (χ0v) is 16.4. The summed E-state index contributed by atoms with van der Waals surface area (Å²) in [5.74, 6) is 0.597. The molecule has 4 rings (SSSR count). The average molecular weight is 416 g/mol. The van der Waals surface area contributed by atoms with Crippen molar-refractivity contribution >= 4 is 46.0 Å². The molecule has 0 atom stereocenters. The zero-order chi connectivity index (χ0) is 19.7. The predicted molar refractivity (Wildman–Crippen MR) is 108 cm³/mol. The van der Waals surface area contributed by atoms with Crippen molar-refractivity contribution in [2.24, 2.45) is 7.05 Å². The van der Waals surface area contributed by atoms with Crippen LogP contribution < -0.4 is 5.32 Å². The molecular weight excluding hydrogens is 401 g/mol. The molecule has 8 heteroatoms. The first-order valence-electron chi connectivity index (χ1n) is 8.41. The number of aromatic nitrogens is 2. The molecule has 0 radical (unpaired) electrons. The van der Waals surface area contributed by atoms with Gasteiger partial charge in [0.1, 0.15) is 11.6 Å². The number of rotatable bonds is 5. The molecule has 2 aromatic carbocycles. The first-order valence-corrected chi connectivity index (χ1v) is 9.77. The summed E-state index contributed by atoms with van der Waals surface area (Å²) >= 11 is 7.45. The number of anilines is 1. The molecule has 0 aliphatic heterocycles. The lowest BCUT2D eigenvalue weighted by Gasteiger charge is -2.01. The number of carbonyl (C=O) groups is 1. The predicted octanol–water partition coefficient (Wildman–Crippen LogP) is 5.50. The van der Waals surface area contributed by atoms with E-state index in [9.17, 15) is 9.18 Å². The van der Waals surface area contributed by atoms with E-state index in [2.05, 4.69) is 10.4 Å². The number of carbonyl (C=O) groups excluding carboxylic acids is 1. The highest BCUT2D eigenvalue weighted by atomic mass is 35.5. The summed E-state index contributed by atoms with van der Waals surface area (Å²) in [5, 5.41) is 7.77. The van der Waals surface area contributed by atoms with E-state index in [1.165, 1.54) is 10.7 Å². The van der Waals surface area contributed by atoms with Gasteiger partial charge in [-0.25, -0.2) is 4.39 Å². The smallest absolute Gasteiger partial charge is 0.292 e. The number of aryl methyl sites for hydroxylation is 1. The van der Waals surface area contributed by atoms with E-state index in [1.807, 2.05) is 24.3 Å². The number of furan rings is 1. The molecule has 0 aliphatic carbocycles. The highest BCUT2D eigenvalue weighted by molar-refractivity contribution is 7.98. The Labute approximate surface area is 169 Å². The number of hydrogen-bond donors (Lipinski definition) is 1. The topological polar surface area (TPSA) is 60.1 Å². The Bertz CT molecular complexity index is 1150. The normalized spacial score (nSPS) is 11.1. The molecule has 5 nitrogen and oxygen atoms in total. The molecule has 1 N–H and O–H groups in total. The van der Waals surface area contributed by atoms with Crippen LogP contribution in [0.5, 0.6) is 0 Å². The Kier molecular flexibility index (Phi) is 5.11. The van der Waals surface area contributed by atoms with Crippen molar-refractivity contribution in [2.75, 3.05) is 5.32 Å². The summed E-state index contributed by atoms with van der Waals surface area (Å²) in [6.45, 7) is 0. The molecule has 0 aliphatic rings. The molecule has 2 aromatic heterocycles. The van der Waals surface area contributed by atoms with Crippen LogP contribution in [0.2, 0.25) is 5.02 Å². The standard InChI is InChI=1S/C20H15ClFN3O2S/c1-25-16-4-2-3-15(22)18(16)19(24-25)23-20(26)17-10-7-13(27-17)11-28-14-8-5-12(21)6-9-14/h2-10H,11H2,1H3,(H,23,24,26). The van der Waals surface area contributed by atoms with E-state index < -0.39 is 11.7 Å². The third kappa shape index (κ3) is 3.76. The van der Waals surface area contributed by atoms with Gasteiger partial charge in [-0.3, -0.25) is 9.48 Å². The molecular formula is C20H15ClFN3O2S. The van der Waals surface area contributed by atoms with Gasteiger partial charge >= 0.3 is 0 Å². The van der Waals surface area contributed by atoms with Crippen LogP contribution in [0.4, 0.5) is 10.2 Å². The van der Waals surface area contributed by atoms with E-state index in [1.54, 1.807) is 43.1 Å². The van der Waals surface area contributed by atoms with Gasteiger partial charge in [0.25, 0.3) is 5.91 Å². The van der Waals surface area contributed by atoms with Crippen molar-refractivity contribution < 1.29 is 13.6 Å². The molecule has 4 aromatic rings. The maximum absolute atomic E-state index is 14.2. The molecule has 0 unspecified atom stereocenters. The Morgan fingerprint density at radius 3 is 2.79 bits per heavy atom. The van der Waals surface area contributed by atoms with Gasteiger partial charge in [-0.05, 0) is 48.5 Å². The van der Waals surface area contributed by atoms with Crippen LogP contribution in [0.15, 0.2) is 63.9 Å². The van der Waals surface area contributed by atoms with Crippen LogP contribution in [0.25, 0.3) is 10.9 Å². The van der Waals surface area contributed by atoms with Gasteiger partial charge in [0.05, 0.1) is 16.7 Å². The van der Waals surface area contributed by atoms with E-state index >= 15 is 0 Å². The number of benzene rings is 2. The summed E-state index contributed by atoms with van der Waals surface area (Å²) in [6, 6.07) is 15.5. The fraction of sp³-hybridized carbons (Fsp3) is 0.100. The minimum atomic E-state index is -0.481. The van der Waals surface area contributed by atoms with Gasteiger partial charge in [-0.2, -0.15) is 5.10 Å². The largest absolute Gasteiger partial charge is 0.455 e. The van der Waals surface area contributed by atoms with Crippen LogP contribution in [0, 0.1) is 5.82 Å². The molecule has 0 saturated heterocycles. The van der Waals surface area contributed by atoms with Crippen molar-refractivity contribution in [3.63, 3.8) is 0 Å². The third-order valence-corrected chi connectivity index (χ3v) is 5.43. The maximum atomic E-state index is 14.2. The number of nitrogens with zero attached hydrogens (tertiary/aromatic N) is 2. The van der Waals surface area contributed by atoms with E-state index in [0.29, 0.717) is 22.1 Å². The molecule has 1 amide bonds. The van der Waals surface area contributed by atoms with Crippen molar-refractivity contribution in [3.05, 3.63) is 77.0 Å². The van der Waals surface area contributed by atoms with E-state index in [0.717, 1.165) is 4.90 Å². The number of halogens is 2. The summed E-state index contributed by atoms with van der Waals surface area (Å²) in [5.41, 5.74) is 0.592. The zero-order valence-electron chi connectivity index (χ0n) is 14.8. The minimum absolute atomic E-state index is 0.141. The molecule has 2 heterocycles. The van der Waals surface area contributed by atoms with Gasteiger partial charge in [0.2, 0.25) is 0 Å². The first-order chi connectivity index (χ1) is 13.5.